The molecule has 4 rings (SSSR count). The molecule has 31 heavy (non-hydrogen) atoms. The molecule has 0 bridgehead atoms. The van der Waals surface area contributed by atoms with Crippen LogP contribution in [0.1, 0.15) is 48.5 Å². The number of hydrogen-bond acceptors (Lipinski definition) is 7. The smallest absolute Gasteiger partial charge is 0.337 e. The monoisotopic (exact) mass is 440 g/mol. The number of carbonyl (C=O) groups excluding carboxylic acids is 2. The van der Waals surface area contributed by atoms with Gasteiger partial charge in [-0.2, -0.15) is 0 Å². The number of thioether (sulfide) groups is 1. The van der Waals surface area contributed by atoms with E-state index in [4.69, 9.17) is 9.15 Å². The zero-order valence-electron chi connectivity index (χ0n) is 17.2. The van der Waals surface area contributed by atoms with Crippen molar-refractivity contribution < 1.29 is 18.7 Å². The number of anilines is 1. The highest BCUT2D eigenvalue weighted by molar-refractivity contribution is 7.99. The van der Waals surface area contributed by atoms with Crippen LogP contribution in [0.2, 0.25) is 0 Å². The van der Waals surface area contributed by atoms with Gasteiger partial charge in [-0.25, -0.2) is 4.79 Å². The van der Waals surface area contributed by atoms with Crippen molar-refractivity contribution >= 4 is 29.3 Å². The molecule has 1 aliphatic carbocycles. The van der Waals surface area contributed by atoms with Crippen molar-refractivity contribution in [3.63, 3.8) is 0 Å². The summed E-state index contributed by atoms with van der Waals surface area (Å²) in [5.41, 5.74) is 0.923. The van der Waals surface area contributed by atoms with E-state index >= 15 is 0 Å². The average Bonchev–Trinajstić information content (AvgIpc) is 3.47. The van der Waals surface area contributed by atoms with E-state index in [2.05, 4.69) is 20.1 Å². The molecule has 0 saturated heterocycles. The molecule has 1 fully saturated rings. The Balaban J connectivity index is 1.47. The van der Waals surface area contributed by atoms with Crippen LogP contribution in [0.25, 0.3) is 11.6 Å². The second-order valence-corrected chi connectivity index (χ2v) is 8.30. The van der Waals surface area contributed by atoms with Crippen LogP contribution in [0.3, 0.4) is 0 Å². The number of benzene rings is 1. The van der Waals surface area contributed by atoms with Gasteiger partial charge >= 0.3 is 5.97 Å². The second kappa shape index (κ2) is 9.82. The Kier molecular flexibility index (Phi) is 6.71. The molecule has 8 nitrogen and oxygen atoms in total. The molecule has 1 amide bonds. The second-order valence-electron chi connectivity index (χ2n) is 7.35. The minimum atomic E-state index is -0.448. The Morgan fingerprint density at radius 3 is 2.77 bits per heavy atom. The first-order chi connectivity index (χ1) is 15.2. The maximum atomic E-state index is 12.5. The van der Waals surface area contributed by atoms with E-state index in [1.54, 1.807) is 30.5 Å². The fourth-order valence-corrected chi connectivity index (χ4v) is 4.59. The molecule has 2 heterocycles. The quantitative estimate of drug-likeness (QED) is 0.425. The van der Waals surface area contributed by atoms with Gasteiger partial charge in [0.1, 0.15) is 0 Å². The first-order valence-corrected chi connectivity index (χ1v) is 11.2. The fraction of sp³-hybridized carbons (Fsp3) is 0.364. The summed E-state index contributed by atoms with van der Waals surface area (Å²) >= 11 is 1.35. The maximum Gasteiger partial charge on any atom is 0.337 e. The molecule has 0 aliphatic heterocycles. The lowest BCUT2D eigenvalue weighted by molar-refractivity contribution is -0.113. The SMILES string of the molecule is COC(=O)c1cccc(NC(=O)CSc2nnc(-c3ccco3)n2C2CCCCC2)c1. The summed E-state index contributed by atoms with van der Waals surface area (Å²) in [6.07, 6.45) is 7.32. The van der Waals surface area contributed by atoms with E-state index in [1.165, 1.54) is 38.1 Å². The molecule has 3 aromatic rings. The van der Waals surface area contributed by atoms with Crippen molar-refractivity contribution in [3.05, 3.63) is 48.2 Å². The van der Waals surface area contributed by atoms with E-state index in [0.717, 1.165) is 12.8 Å². The number of nitrogens with one attached hydrogen (secondary N) is 1. The third-order valence-electron chi connectivity index (χ3n) is 5.25. The van der Waals surface area contributed by atoms with Crippen LogP contribution in [0.5, 0.6) is 0 Å². The summed E-state index contributed by atoms with van der Waals surface area (Å²) in [5.74, 6) is 0.909. The topological polar surface area (TPSA) is 99.2 Å². The summed E-state index contributed by atoms with van der Waals surface area (Å²) < 4.78 is 12.4. The van der Waals surface area contributed by atoms with Gasteiger partial charge in [-0.1, -0.05) is 37.1 Å². The molecule has 0 atom stereocenters. The minimum Gasteiger partial charge on any atom is -0.465 e. The van der Waals surface area contributed by atoms with E-state index in [0.29, 0.717) is 34.0 Å². The molecular weight excluding hydrogens is 416 g/mol. The standard InChI is InChI=1S/C22H24N4O4S/c1-29-21(28)15-7-5-8-16(13-15)23-19(27)14-31-22-25-24-20(18-11-6-12-30-18)26(22)17-9-3-2-4-10-17/h5-8,11-13,17H,2-4,9-10,14H2,1H3,(H,23,27). The lowest BCUT2D eigenvalue weighted by Crippen LogP contribution is -2.17. The van der Waals surface area contributed by atoms with E-state index in [9.17, 15) is 9.59 Å². The summed E-state index contributed by atoms with van der Waals surface area (Å²) in [4.78, 5) is 24.2. The molecule has 0 unspecified atom stereocenters. The number of amides is 1. The van der Waals surface area contributed by atoms with Crippen molar-refractivity contribution in [2.24, 2.45) is 0 Å². The predicted molar refractivity (Wildman–Crippen MR) is 117 cm³/mol. The summed E-state index contributed by atoms with van der Waals surface area (Å²) in [7, 11) is 1.32. The molecular formula is C22H24N4O4S. The van der Waals surface area contributed by atoms with Gasteiger partial charge in [-0.05, 0) is 43.2 Å². The van der Waals surface area contributed by atoms with Gasteiger partial charge in [-0.3, -0.25) is 9.36 Å². The third-order valence-corrected chi connectivity index (χ3v) is 6.19. The van der Waals surface area contributed by atoms with Crippen LogP contribution in [0.4, 0.5) is 5.69 Å². The first kappa shape index (κ1) is 21.2. The molecule has 0 radical (unpaired) electrons. The Bertz CT molecular complexity index is 1040. The lowest BCUT2D eigenvalue weighted by Gasteiger charge is -2.25. The van der Waals surface area contributed by atoms with Gasteiger partial charge in [0, 0.05) is 11.7 Å². The van der Waals surface area contributed by atoms with Crippen LogP contribution in [0.15, 0.2) is 52.2 Å². The molecule has 1 aliphatic rings. The maximum absolute atomic E-state index is 12.5. The van der Waals surface area contributed by atoms with E-state index in [1.807, 2.05) is 12.1 Å². The van der Waals surface area contributed by atoms with Gasteiger partial charge in [0.25, 0.3) is 0 Å². The number of rotatable bonds is 7. The fourth-order valence-electron chi connectivity index (χ4n) is 3.79. The van der Waals surface area contributed by atoms with Gasteiger partial charge in [0.15, 0.2) is 10.9 Å². The average molecular weight is 441 g/mol. The van der Waals surface area contributed by atoms with Crippen molar-refractivity contribution in [1.82, 2.24) is 14.8 Å². The highest BCUT2D eigenvalue weighted by Gasteiger charge is 2.25. The van der Waals surface area contributed by atoms with Crippen molar-refractivity contribution in [2.45, 2.75) is 43.3 Å². The van der Waals surface area contributed by atoms with Crippen LogP contribution in [-0.4, -0.2) is 39.5 Å². The summed E-state index contributed by atoms with van der Waals surface area (Å²) in [5, 5.41) is 12.2. The Labute approximate surface area is 184 Å². The molecule has 1 saturated carbocycles. The van der Waals surface area contributed by atoms with Crippen LogP contribution in [-0.2, 0) is 9.53 Å². The Morgan fingerprint density at radius 2 is 2.03 bits per heavy atom. The van der Waals surface area contributed by atoms with Crippen molar-refractivity contribution in [3.8, 4) is 11.6 Å². The summed E-state index contributed by atoms with van der Waals surface area (Å²) in [6.45, 7) is 0. The van der Waals surface area contributed by atoms with Crippen LogP contribution >= 0.6 is 11.8 Å². The number of ether oxygens (including phenoxy) is 1. The van der Waals surface area contributed by atoms with Gasteiger partial charge in [0.2, 0.25) is 11.7 Å². The summed E-state index contributed by atoms with van der Waals surface area (Å²) in [6, 6.07) is 10.7. The van der Waals surface area contributed by atoms with Crippen molar-refractivity contribution in [2.75, 3.05) is 18.2 Å². The number of nitrogens with zero attached hydrogens (tertiary/aromatic N) is 3. The molecule has 162 valence electrons. The van der Waals surface area contributed by atoms with Gasteiger partial charge in [0.05, 0.1) is 24.7 Å². The Morgan fingerprint density at radius 1 is 1.19 bits per heavy atom. The molecule has 9 heteroatoms. The van der Waals surface area contributed by atoms with Gasteiger partial charge in [-0.15, -0.1) is 10.2 Å². The molecule has 1 N–H and O–H groups in total. The highest BCUT2D eigenvalue weighted by Crippen LogP contribution is 2.35. The molecule has 0 spiro atoms. The van der Waals surface area contributed by atoms with E-state index < -0.39 is 5.97 Å². The number of carbonyl (C=O) groups is 2. The highest BCUT2D eigenvalue weighted by atomic mass is 32.2. The molecule has 2 aromatic heterocycles. The zero-order valence-corrected chi connectivity index (χ0v) is 18.1. The van der Waals surface area contributed by atoms with Crippen molar-refractivity contribution in [1.29, 1.82) is 0 Å². The lowest BCUT2D eigenvalue weighted by atomic mass is 9.95. The largest absolute Gasteiger partial charge is 0.465 e. The number of esters is 1. The number of aromatic nitrogens is 3. The van der Waals surface area contributed by atoms with Crippen LogP contribution < -0.4 is 5.32 Å². The number of furan rings is 1. The normalized spacial score (nSPS) is 14.4. The number of hydrogen-bond donors (Lipinski definition) is 1. The number of methoxy groups -OCH3 is 1. The zero-order chi connectivity index (χ0) is 21.6. The third kappa shape index (κ3) is 4.99. The van der Waals surface area contributed by atoms with Gasteiger partial charge < -0.3 is 14.5 Å². The minimum absolute atomic E-state index is 0.172. The van der Waals surface area contributed by atoms with E-state index in [-0.39, 0.29) is 11.7 Å². The predicted octanol–water partition coefficient (Wildman–Crippen LogP) is 4.56. The molecule has 1 aromatic carbocycles. The Hall–Kier alpha value is -3.07. The van der Waals surface area contributed by atoms with Crippen LogP contribution in [0, 0.1) is 0 Å². The first-order valence-electron chi connectivity index (χ1n) is 10.3.